The van der Waals surface area contributed by atoms with Gasteiger partial charge in [-0.2, -0.15) is 0 Å². The summed E-state index contributed by atoms with van der Waals surface area (Å²) in [6.07, 6.45) is 8.69. The average molecular weight is 396 g/mol. The van der Waals surface area contributed by atoms with Crippen molar-refractivity contribution in [3.05, 3.63) is 30.0 Å². The molecule has 2 aliphatic heterocycles. The number of rotatable bonds is 3. The first kappa shape index (κ1) is 19.0. The minimum absolute atomic E-state index is 0.179. The van der Waals surface area contributed by atoms with E-state index in [-0.39, 0.29) is 5.91 Å². The van der Waals surface area contributed by atoms with Gasteiger partial charge in [-0.15, -0.1) is 0 Å². The Kier molecular flexibility index (Phi) is 5.02. The molecule has 5 rings (SSSR count). The molecule has 0 radical (unpaired) electrons. The highest BCUT2D eigenvalue weighted by molar-refractivity contribution is 6.08. The summed E-state index contributed by atoms with van der Waals surface area (Å²) >= 11 is 0. The van der Waals surface area contributed by atoms with Gasteiger partial charge >= 0.3 is 0 Å². The number of para-hydroxylation sites is 1. The lowest BCUT2D eigenvalue weighted by molar-refractivity contribution is 0.0529. The number of nitrogens with zero attached hydrogens (tertiary/aromatic N) is 3. The van der Waals surface area contributed by atoms with E-state index in [0.717, 1.165) is 55.0 Å². The third-order valence-corrected chi connectivity index (χ3v) is 7.47. The van der Waals surface area contributed by atoms with Gasteiger partial charge in [-0.3, -0.25) is 9.69 Å². The highest BCUT2D eigenvalue weighted by atomic mass is 16.5. The summed E-state index contributed by atoms with van der Waals surface area (Å²) in [4.78, 5) is 18.1. The van der Waals surface area contributed by atoms with Crippen LogP contribution in [-0.2, 0) is 0 Å². The molecule has 29 heavy (non-hydrogen) atoms. The Bertz CT molecular complexity index is 899. The molecule has 2 atom stereocenters. The van der Waals surface area contributed by atoms with Crippen molar-refractivity contribution in [2.75, 3.05) is 32.8 Å². The molecule has 0 N–H and O–H groups in total. The maximum absolute atomic E-state index is 13.6. The normalized spacial score (nSPS) is 25.9. The van der Waals surface area contributed by atoms with Crippen molar-refractivity contribution in [1.29, 1.82) is 0 Å². The van der Waals surface area contributed by atoms with Crippen LogP contribution in [0, 0.1) is 5.92 Å². The fourth-order valence-electron chi connectivity index (χ4n) is 5.79. The number of carbonyl (C=O) groups is 1. The lowest BCUT2D eigenvalue weighted by Gasteiger charge is -2.39. The van der Waals surface area contributed by atoms with E-state index in [9.17, 15) is 4.79 Å². The zero-order valence-electron chi connectivity index (χ0n) is 17.8. The van der Waals surface area contributed by atoms with Gasteiger partial charge in [-0.05, 0) is 38.3 Å². The van der Waals surface area contributed by atoms with Crippen molar-refractivity contribution in [1.82, 2.24) is 14.4 Å². The Hall–Kier alpha value is -2.01. The molecule has 0 bridgehead atoms. The summed E-state index contributed by atoms with van der Waals surface area (Å²) in [6.45, 7) is 8.78. The Morgan fingerprint density at radius 1 is 1.17 bits per heavy atom. The van der Waals surface area contributed by atoms with Crippen LogP contribution in [0.25, 0.3) is 10.9 Å². The molecule has 2 fully saturated rings. The van der Waals surface area contributed by atoms with Crippen LogP contribution in [0.1, 0.15) is 62.4 Å². The third-order valence-electron chi connectivity index (χ3n) is 7.47. The van der Waals surface area contributed by atoms with Crippen LogP contribution < -0.4 is 4.74 Å². The first-order valence-electron chi connectivity index (χ1n) is 11.5. The zero-order chi connectivity index (χ0) is 20.0. The van der Waals surface area contributed by atoms with E-state index in [1.54, 1.807) is 0 Å². The maximum Gasteiger partial charge on any atom is 0.256 e. The topological polar surface area (TPSA) is 37.7 Å². The minimum Gasteiger partial charge on any atom is -0.489 e. The number of amides is 1. The van der Waals surface area contributed by atoms with Crippen LogP contribution in [-0.4, -0.2) is 59.1 Å². The first-order chi connectivity index (χ1) is 14.2. The van der Waals surface area contributed by atoms with Crippen molar-refractivity contribution in [2.45, 2.75) is 58.0 Å². The molecule has 156 valence electrons. The van der Waals surface area contributed by atoms with Gasteiger partial charge in [0.1, 0.15) is 12.4 Å². The van der Waals surface area contributed by atoms with E-state index in [1.165, 1.54) is 32.1 Å². The van der Waals surface area contributed by atoms with E-state index < -0.39 is 0 Å². The van der Waals surface area contributed by atoms with Crippen LogP contribution in [0.2, 0.25) is 0 Å². The molecular weight excluding hydrogens is 362 g/mol. The Labute approximate surface area is 173 Å². The smallest absolute Gasteiger partial charge is 0.256 e. The predicted molar refractivity (Wildman–Crippen MR) is 116 cm³/mol. The molecule has 0 unspecified atom stereocenters. The predicted octanol–water partition coefficient (Wildman–Crippen LogP) is 4.32. The largest absolute Gasteiger partial charge is 0.489 e. The molecule has 1 saturated carbocycles. The number of ether oxygens (including phenoxy) is 1. The summed E-state index contributed by atoms with van der Waals surface area (Å²) < 4.78 is 8.59. The van der Waals surface area contributed by atoms with Crippen LogP contribution in [0.5, 0.6) is 5.75 Å². The van der Waals surface area contributed by atoms with Gasteiger partial charge in [-0.25, -0.2) is 0 Å². The highest BCUT2D eigenvalue weighted by Gasteiger charge is 2.34. The molecule has 1 saturated heterocycles. The van der Waals surface area contributed by atoms with E-state index in [0.29, 0.717) is 18.0 Å². The number of likely N-dealkylation sites (N-methyl/N-ethyl adjacent to an activating group) is 1. The van der Waals surface area contributed by atoms with Crippen molar-refractivity contribution in [3.63, 3.8) is 0 Å². The number of benzene rings is 1. The summed E-state index contributed by atoms with van der Waals surface area (Å²) in [5, 5.41) is 1.05. The standard InChI is InChI=1S/C24H33N3O2/c1-3-25-12-13-26(14-17(25)2)24(28)20-15-27-21(18-8-5-4-6-9-18)16-29-22-11-7-10-19(20)23(22)27/h7,10-11,15,17-18,21H,3-6,8-9,12-14,16H2,1-2H3/t17-,21-/m0/s1. The SMILES string of the molecule is CCN1CCN(C(=O)c2cn3c4c(cccc24)OC[C@H]3C2CCCCC2)C[C@@H]1C. The van der Waals surface area contributed by atoms with Crippen LogP contribution in [0.3, 0.4) is 0 Å². The quantitative estimate of drug-likeness (QED) is 0.777. The second-order valence-electron chi connectivity index (χ2n) is 9.11. The molecule has 0 spiro atoms. The number of piperazine rings is 1. The lowest BCUT2D eigenvalue weighted by atomic mass is 9.83. The van der Waals surface area contributed by atoms with Gasteiger partial charge in [0.2, 0.25) is 0 Å². The average Bonchev–Trinajstić information content (AvgIpc) is 3.15. The van der Waals surface area contributed by atoms with Crippen molar-refractivity contribution in [3.8, 4) is 5.75 Å². The molecule has 1 aromatic heterocycles. The first-order valence-corrected chi connectivity index (χ1v) is 11.5. The van der Waals surface area contributed by atoms with Gasteiger partial charge in [-0.1, -0.05) is 38.3 Å². The summed E-state index contributed by atoms with van der Waals surface area (Å²) in [7, 11) is 0. The molecule has 5 nitrogen and oxygen atoms in total. The molecular formula is C24H33N3O2. The molecule has 5 heteroatoms. The maximum atomic E-state index is 13.6. The fourth-order valence-corrected chi connectivity index (χ4v) is 5.79. The van der Waals surface area contributed by atoms with Gasteiger partial charge < -0.3 is 14.2 Å². The van der Waals surface area contributed by atoms with E-state index in [2.05, 4.69) is 40.5 Å². The van der Waals surface area contributed by atoms with E-state index in [1.807, 2.05) is 12.1 Å². The van der Waals surface area contributed by atoms with Crippen molar-refractivity contribution < 1.29 is 9.53 Å². The minimum atomic E-state index is 0.179. The molecule has 1 aliphatic carbocycles. The van der Waals surface area contributed by atoms with Crippen molar-refractivity contribution in [2.24, 2.45) is 5.92 Å². The zero-order valence-corrected chi connectivity index (χ0v) is 17.8. The summed E-state index contributed by atoms with van der Waals surface area (Å²) in [5.41, 5.74) is 1.98. The third kappa shape index (κ3) is 3.24. The lowest BCUT2D eigenvalue weighted by Crippen LogP contribution is -2.53. The Balaban J connectivity index is 1.50. The van der Waals surface area contributed by atoms with E-state index >= 15 is 0 Å². The molecule has 1 amide bonds. The molecule has 2 aromatic rings. The number of hydrogen-bond donors (Lipinski definition) is 0. The van der Waals surface area contributed by atoms with Crippen molar-refractivity contribution >= 4 is 16.8 Å². The fraction of sp³-hybridized carbons (Fsp3) is 0.625. The van der Waals surface area contributed by atoms with Gasteiger partial charge in [0, 0.05) is 37.3 Å². The monoisotopic (exact) mass is 395 g/mol. The number of hydrogen-bond acceptors (Lipinski definition) is 3. The Morgan fingerprint density at radius 3 is 2.76 bits per heavy atom. The van der Waals surface area contributed by atoms with Crippen LogP contribution in [0.15, 0.2) is 24.4 Å². The van der Waals surface area contributed by atoms with Crippen LogP contribution in [0.4, 0.5) is 0 Å². The second kappa shape index (κ2) is 7.67. The van der Waals surface area contributed by atoms with E-state index in [4.69, 9.17) is 4.74 Å². The second-order valence-corrected chi connectivity index (χ2v) is 9.11. The molecule has 3 heterocycles. The summed E-state index contributed by atoms with van der Waals surface area (Å²) in [6, 6.07) is 6.94. The van der Waals surface area contributed by atoms with Crippen LogP contribution >= 0.6 is 0 Å². The Morgan fingerprint density at radius 2 is 2.00 bits per heavy atom. The summed E-state index contributed by atoms with van der Waals surface area (Å²) in [5.74, 6) is 1.76. The highest BCUT2D eigenvalue weighted by Crippen LogP contribution is 2.42. The number of aromatic nitrogens is 1. The molecule has 1 aromatic carbocycles. The molecule has 3 aliphatic rings. The number of carbonyl (C=O) groups excluding carboxylic acids is 1. The van der Waals surface area contributed by atoms with Gasteiger partial charge in [0.25, 0.3) is 5.91 Å². The van der Waals surface area contributed by atoms with Gasteiger partial charge in [0.05, 0.1) is 17.1 Å². The van der Waals surface area contributed by atoms with Gasteiger partial charge in [0.15, 0.2) is 0 Å².